The van der Waals surface area contributed by atoms with E-state index in [2.05, 4.69) is 4.81 Å². The number of hydrogen-bond donors (Lipinski definition) is 0. The van der Waals surface area contributed by atoms with Crippen molar-refractivity contribution in [3.8, 4) is 11.5 Å². The molecule has 0 N–H and O–H groups in total. The van der Waals surface area contributed by atoms with Crippen molar-refractivity contribution < 1.29 is 14.0 Å². The molecule has 16 heavy (non-hydrogen) atoms. The molecule has 0 unspecified atom stereocenters. The van der Waals surface area contributed by atoms with Crippen molar-refractivity contribution in [1.29, 1.82) is 0 Å². The van der Waals surface area contributed by atoms with Gasteiger partial charge in [-0.05, 0) is 31.5 Å². The van der Waals surface area contributed by atoms with Crippen LogP contribution in [0.4, 0.5) is 0 Å². The first-order valence-corrected chi connectivity index (χ1v) is 5.88. The largest absolute Gasteiger partial charge is 0.643 e. The molecule has 0 bridgehead atoms. The van der Waals surface area contributed by atoms with E-state index in [-0.39, 0.29) is 0 Å². The highest BCUT2D eigenvalue weighted by Crippen LogP contribution is 2.43. The molecule has 2 saturated heterocycles. The second kappa shape index (κ2) is 2.93. The Balaban J connectivity index is 1.72. The monoisotopic (exact) mass is 218 g/mol. The Kier molecular flexibility index (Phi) is 1.63. The van der Waals surface area contributed by atoms with Gasteiger partial charge in [-0.3, -0.25) is 0 Å². The van der Waals surface area contributed by atoms with Crippen LogP contribution in [0.25, 0.3) is 0 Å². The predicted octanol–water partition coefficient (Wildman–Crippen LogP) is 1.39. The fourth-order valence-electron chi connectivity index (χ4n) is 2.97. The summed E-state index contributed by atoms with van der Waals surface area (Å²) >= 11 is 0. The number of hydrogen-bond acceptors (Lipinski definition) is 4. The highest BCUT2D eigenvalue weighted by atomic mass is 16.8. The molecule has 84 valence electrons. The summed E-state index contributed by atoms with van der Waals surface area (Å²) in [5, 5.41) is 0. The third-order valence-corrected chi connectivity index (χ3v) is 3.73. The lowest BCUT2D eigenvalue weighted by atomic mass is 9.95. The van der Waals surface area contributed by atoms with Gasteiger partial charge in [-0.15, -0.1) is 0 Å². The van der Waals surface area contributed by atoms with Gasteiger partial charge in [0, 0.05) is 12.6 Å². The highest BCUT2D eigenvalue weighted by molar-refractivity contribution is 6.61. The van der Waals surface area contributed by atoms with Crippen molar-refractivity contribution in [3.63, 3.8) is 0 Å². The van der Waals surface area contributed by atoms with Crippen LogP contribution in [-0.4, -0.2) is 30.9 Å². The summed E-state index contributed by atoms with van der Waals surface area (Å²) in [5.74, 6) is 1.60. The van der Waals surface area contributed by atoms with Crippen LogP contribution in [0, 0.1) is 0 Å². The molecule has 4 rings (SSSR count). The first-order valence-electron chi connectivity index (χ1n) is 5.88. The molecule has 3 aliphatic heterocycles. The SMILES string of the molecule is c1ccc2c(c1)O[B-]1(OC[C@@H]3CCCN31)O2. The normalized spacial score (nSPS) is 29.9. The van der Waals surface area contributed by atoms with Crippen LogP contribution in [0.15, 0.2) is 24.3 Å². The lowest BCUT2D eigenvalue weighted by Crippen LogP contribution is -2.59. The first-order chi connectivity index (χ1) is 7.87. The quantitative estimate of drug-likeness (QED) is 0.615. The van der Waals surface area contributed by atoms with Crippen molar-refractivity contribution in [2.24, 2.45) is 0 Å². The predicted molar refractivity (Wildman–Crippen MR) is 59.1 cm³/mol. The third kappa shape index (κ3) is 1.02. The number of fused-ring (bicyclic) bond motifs is 3. The average molecular weight is 218 g/mol. The molecule has 3 aliphatic rings. The minimum absolute atomic E-state index is 0.481. The molecule has 0 radical (unpaired) electrons. The van der Waals surface area contributed by atoms with Crippen LogP contribution in [0.3, 0.4) is 0 Å². The van der Waals surface area contributed by atoms with Gasteiger partial charge in [-0.1, -0.05) is 12.1 Å². The van der Waals surface area contributed by atoms with Gasteiger partial charge in [0.25, 0.3) is 0 Å². The lowest BCUT2D eigenvalue weighted by Gasteiger charge is -2.37. The molecule has 2 fully saturated rings. The van der Waals surface area contributed by atoms with E-state index >= 15 is 0 Å². The Hall–Kier alpha value is -1.20. The van der Waals surface area contributed by atoms with Crippen LogP contribution >= 0.6 is 0 Å². The van der Waals surface area contributed by atoms with Crippen molar-refractivity contribution in [1.82, 2.24) is 4.81 Å². The van der Waals surface area contributed by atoms with Gasteiger partial charge in [0.05, 0.1) is 0 Å². The summed E-state index contributed by atoms with van der Waals surface area (Å²) in [5.41, 5.74) is 0. The van der Waals surface area contributed by atoms with Gasteiger partial charge >= 0.3 is 6.89 Å². The molecule has 1 aromatic carbocycles. The van der Waals surface area contributed by atoms with Gasteiger partial charge in [0.15, 0.2) is 0 Å². The molecule has 1 atom stereocenters. The Morgan fingerprint density at radius 1 is 1.19 bits per heavy atom. The Morgan fingerprint density at radius 3 is 2.69 bits per heavy atom. The Morgan fingerprint density at radius 2 is 1.94 bits per heavy atom. The van der Waals surface area contributed by atoms with Gasteiger partial charge in [-0.25, -0.2) is 0 Å². The van der Waals surface area contributed by atoms with E-state index in [1.165, 1.54) is 12.8 Å². The zero-order chi connectivity index (χ0) is 10.6. The number of nitrogens with zero attached hydrogens (tertiary/aromatic N) is 1. The topological polar surface area (TPSA) is 30.9 Å². The Labute approximate surface area is 94.1 Å². The minimum atomic E-state index is -1.69. The zero-order valence-corrected chi connectivity index (χ0v) is 8.96. The van der Waals surface area contributed by atoms with E-state index in [4.69, 9.17) is 14.0 Å². The van der Waals surface area contributed by atoms with E-state index in [0.29, 0.717) is 6.04 Å². The highest BCUT2D eigenvalue weighted by Gasteiger charge is 2.54. The number of benzene rings is 1. The van der Waals surface area contributed by atoms with Crippen molar-refractivity contribution in [2.75, 3.05) is 13.2 Å². The maximum atomic E-state index is 5.91. The number of para-hydroxylation sites is 2. The van der Waals surface area contributed by atoms with E-state index in [0.717, 1.165) is 24.7 Å². The molecular formula is C11H13BNO3-. The van der Waals surface area contributed by atoms with E-state index in [1.807, 2.05) is 24.3 Å². The van der Waals surface area contributed by atoms with Crippen LogP contribution in [0.5, 0.6) is 11.5 Å². The first kappa shape index (κ1) is 8.90. The summed E-state index contributed by atoms with van der Waals surface area (Å²) in [6.45, 7) is 0.0539. The van der Waals surface area contributed by atoms with Gasteiger partial charge in [-0.2, -0.15) is 0 Å². The van der Waals surface area contributed by atoms with Crippen LogP contribution in [0.1, 0.15) is 12.8 Å². The molecule has 0 saturated carbocycles. The van der Waals surface area contributed by atoms with Crippen molar-refractivity contribution in [2.45, 2.75) is 18.9 Å². The van der Waals surface area contributed by atoms with Gasteiger partial charge in [0.2, 0.25) is 0 Å². The molecule has 1 spiro atoms. The standard InChI is InChI=1S/C11H13BNO3/c1-2-6-11-10(5-1)15-12(16-11)13-7-3-4-9(13)8-14-12/h1-2,5-6,9H,3-4,7-8H2/q-1/t9-/m0/s1. The Bertz CT molecular complexity index is 414. The second-order valence-electron chi connectivity index (χ2n) is 4.65. The molecule has 1 aromatic rings. The smallest absolute Gasteiger partial charge is 0.581 e. The molecule has 5 heteroatoms. The molecule has 3 heterocycles. The summed E-state index contributed by atoms with van der Waals surface area (Å²) in [6, 6.07) is 8.24. The average Bonchev–Trinajstić information content (AvgIpc) is 2.96. The van der Waals surface area contributed by atoms with Gasteiger partial charge < -0.3 is 18.8 Å². The minimum Gasteiger partial charge on any atom is -0.643 e. The molecule has 4 nitrogen and oxygen atoms in total. The molecule has 0 aliphatic carbocycles. The summed E-state index contributed by atoms with van der Waals surface area (Å²) in [4.78, 5) is 2.25. The summed E-state index contributed by atoms with van der Waals surface area (Å²) < 4.78 is 17.6. The maximum Gasteiger partial charge on any atom is 0.581 e. The van der Waals surface area contributed by atoms with Crippen LogP contribution in [0.2, 0.25) is 0 Å². The van der Waals surface area contributed by atoms with E-state index in [1.54, 1.807) is 0 Å². The summed E-state index contributed by atoms with van der Waals surface area (Å²) in [6.07, 6.45) is 2.40. The molecule has 0 aromatic heterocycles. The van der Waals surface area contributed by atoms with E-state index < -0.39 is 6.89 Å². The third-order valence-electron chi connectivity index (χ3n) is 3.73. The van der Waals surface area contributed by atoms with Crippen molar-refractivity contribution >= 4 is 6.89 Å². The molecular weight excluding hydrogens is 205 g/mol. The van der Waals surface area contributed by atoms with E-state index in [9.17, 15) is 0 Å². The fraction of sp³-hybridized carbons (Fsp3) is 0.455. The maximum absolute atomic E-state index is 5.91. The number of rotatable bonds is 0. The summed E-state index contributed by atoms with van der Waals surface area (Å²) in [7, 11) is 0. The van der Waals surface area contributed by atoms with Crippen molar-refractivity contribution in [3.05, 3.63) is 24.3 Å². The van der Waals surface area contributed by atoms with Crippen LogP contribution in [-0.2, 0) is 4.65 Å². The lowest BCUT2D eigenvalue weighted by molar-refractivity contribution is 0.199. The zero-order valence-electron chi connectivity index (χ0n) is 8.96. The molecule has 0 amide bonds. The van der Waals surface area contributed by atoms with Gasteiger partial charge in [0.1, 0.15) is 11.5 Å². The second-order valence-corrected chi connectivity index (χ2v) is 4.65. The fourth-order valence-corrected chi connectivity index (χ4v) is 2.97. The van der Waals surface area contributed by atoms with Crippen LogP contribution < -0.4 is 9.31 Å².